The van der Waals surface area contributed by atoms with Gasteiger partial charge in [-0.2, -0.15) is 0 Å². The molecule has 0 saturated carbocycles. The van der Waals surface area contributed by atoms with Gasteiger partial charge in [-0.15, -0.1) is 5.10 Å². The van der Waals surface area contributed by atoms with Gasteiger partial charge in [0.15, 0.2) is 0 Å². The summed E-state index contributed by atoms with van der Waals surface area (Å²) < 4.78 is 34.7. The largest absolute Gasteiger partial charge is 0.472 e. The molecule has 0 aliphatic carbocycles. The molecule has 0 unspecified atom stereocenters. The molecule has 2 aromatic carbocycles. The summed E-state index contributed by atoms with van der Waals surface area (Å²) in [4.78, 5) is 14.4. The zero-order valence-corrected chi connectivity index (χ0v) is 15.4. The standard InChI is InChI=1S/C21H19F2N3O2/c1-14-8-16(10-17(22)9-14)21(27)25-6-7-26-18(12-25)11-20(24-26)28-13-15-4-2-3-5-19(15)23/h2-5,8-11H,6-7,12-13H2,1H3. The Bertz CT molecular complexity index is 1010. The predicted octanol–water partition coefficient (Wildman–Crippen LogP) is 3.70. The second-order valence-electron chi connectivity index (χ2n) is 6.82. The van der Waals surface area contributed by atoms with Gasteiger partial charge in [0.25, 0.3) is 5.91 Å². The number of fused-ring (bicyclic) bond motifs is 1. The molecule has 2 heterocycles. The summed E-state index contributed by atoms with van der Waals surface area (Å²) in [7, 11) is 0. The molecule has 0 spiro atoms. The van der Waals surface area contributed by atoms with E-state index in [1.807, 2.05) is 0 Å². The van der Waals surface area contributed by atoms with Gasteiger partial charge in [-0.05, 0) is 36.8 Å². The first-order valence-electron chi connectivity index (χ1n) is 8.99. The summed E-state index contributed by atoms with van der Waals surface area (Å²) in [6.45, 7) is 3.16. The van der Waals surface area contributed by atoms with Crippen molar-refractivity contribution in [3.8, 4) is 5.88 Å². The van der Waals surface area contributed by atoms with Gasteiger partial charge in [0, 0.05) is 23.7 Å². The van der Waals surface area contributed by atoms with Crippen LogP contribution in [0, 0.1) is 18.6 Å². The van der Waals surface area contributed by atoms with Gasteiger partial charge in [0.2, 0.25) is 5.88 Å². The minimum atomic E-state index is -0.422. The van der Waals surface area contributed by atoms with Gasteiger partial charge >= 0.3 is 0 Å². The van der Waals surface area contributed by atoms with Crippen LogP contribution in [0.3, 0.4) is 0 Å². The number of ether oxygens (including phenoxy) is 1. The van der Waals surface area contributed by atoms with E-state index in [9.17, 15) is 13.6 Å². The van der Waals surface area contributed by atoms with Crippen LogP contribution in [0.25, 0.3) is 0 Å². The molecule has 1 amide bonds. The van der Waals surface area contributed by atoms with Crippen LogP contribution in [0.5, 0.6) is 5.88 Å². The molecule has 4 rings (SSSR count). The fraction of sp³-hybridized carbons (Fsp3) is 0.238. The van der Waals surface area contributed by atoms with Crippen LogP contribution in [-0.4, -0.2) is 27.1 Å². The number of hydrogen-bond acceptors (Lipinski definition) is 3. The average molecular weight is 383 g/mol. The Morgan fingerprint density at radius 3 is 2.75 bits per heavy atom. The summed E-state index contributed by atoms with van der Waals surface area (Å²) in [5.41, 5.74) is 2.30. The number of benzene rings is 2. The second-order valence-corrected chi connectivity index (χ2v) is 6.82. The fourth-order valence-electron chi connectivity index (χ4n) is 3.29. The summed E-state index contributed by atoms with van der Waals surface area (Å²) in [5.74, 6) is -0.583. The smallest absolute Gasteiger partial charge is 0.254 e. The molecule has 0 saturated heterocycles. The van der Waals surface area contributed by atoms with E-state index in [1.54, 1.807) is 46.8 Å². The minimum Gasteiger partial charge on any atom is -0.472 e. The maximum Gasteiger partial charge on any atom is 0.254 e. The predicted molar refractivity (Wildman–Crippen MR) is 98.8 cm³/mol. The van der Waals surface area contributed by atoms with Crippen LogP contribution in [0.1, 0.15) is 27.2 Å². The van der Waals surface area contributed by atoms with Crippen molar-refractivity contribution in [3.05, 3.63) is 82.5 Å². The lowest BCUT2D eigenvalue weighted by atomic mass is 10.1. The van der Waals surface area contributed by atoms with Crippen LogP contribution in [-0.2, 0) is 19.7 Å². The molecule has 1 aromatic heterocycles. The van der Waals surface area contributed by atoms with Crippen LogP contribution in [0.15, 0.2) is 48.5 Å². The van der Waals surface area contributed by atoms with Crippen molar-refractivity contribution in [2.45, 2.75) is 26.6 Å². The van der Waals surface area contributed by atoms with E-state index in [4.69, 9.17) is 4.74 Å². The van der Waals surface area contributed by atoms with E-state index >= 15 is 0 Å². The second kappa shape index (κ2) is 7.42. The van der Waals surface area contributed by atoms with Crippen LogP contribution >= 0.6 is 0 Å². The zero-order chi connectivity index (χ0) is 19.7. The molecular formula is C21H19F2N3O2. The third-order valence-corrected chi connectivity index (χ3v) is 4.69. The Labute approximate surface area is 161 Å². The van der Waals surface area contributed by atoms with Crippen LogP contribution < -0.4 is 4.74 Å². The maximum absolute atomic E-state index is 13.7. The molecule has 0 N–H and O–H groups in total. The Hall–Kier alpha value is -3.22. The number of amides is 1. The van der Waals surface area contributed by atoms with Crippen molar-refractivity contribution in [2.24, 2.45) is 0 Å². The highest BCUT2D eigenvalue weighted by Gasteiger charge is 2.24. The number of rotatable bonds is 4. The summed E-state index contributed by atoms with van der Waals surface area (Å²) in [5, 5.41) is 4.36. The molecule has 0 radical (unpaired) electrons. The van der Waals surface area contributed by atoms with E-state index in [2.05, 4.69) is 5.10 Å². The zero-order valence-electron chi connectivity index (χ0n) is 15.4. The quantitative estimate of drug-likeness (QED) is 0.690. The van der Waals surface area contributed by atoms with Gasteiger partial charge in [0.05, 0.1) is 18.8 Å². The molecule has 3 aromatic rings. The fourth-order valence-corrected chi connectivity index (χ4v) is 3.29. The molecule has 0 bridgehead atoms. The molecule has 0 fully saturated rings. The van der Waals surface area contributed by atoms with Crippen molar-refractivity contribution in [3.63, 3.8) is 0 Å². The average Bonchev–Trinajstić information content (AvgIpc) is 3.08. The normalized spacial score (nSPS) is 13.3. The lowest BCUT2D eigenvalue weighted by Crippen LogP contribution is -2.38. The Balaban J connectivity index is 1.45. The first-order valence-corrected chi connectivity index (χ1v) is 8.99. The molecule has 5 nitrogen and oxygen atoms in total. The summed E-state index contributed by atoms with van der Waals surface area (Å²) in [6.07, 6.45) is 0. The van der Waals surface area contributed by atoms with Crippen molar-refractivity contribution >= 4 is 5.91 Å². The number of nitrogens with zero attached hydrogens (tertiary/aromatic N) is 3. The molecule has 1 aliphatic heterocycles. The van der Waals surface area contributed by atoms with Gasteiger partial charge in [-0.1, -0.05) is 18.2 Å². The lowest BCUT2D eigenvalue weighted by Gasteiger charge is -2.27. The SMILES string of the molecule is Cc1cc(F)cc(C(=O)N2CCn3nc(OCc4ccccc4F)cc3C2)c1. The van der Waals surface area contributed by atoms with E-state index < -0.39 is 5.82 Å². The van der Waals surface area contributed by atoms with E-state index in [0.717, 1.165) is 5.69 Å². The third-order valence-electron chi connectivity index (χ3n) is 4.69. The molecule has 144 valence electrons. The van der Waals surface area contributed by atoms with Gasteiger partial charge in [0.1, 0.15) is 18.2 Å². The van der Waals surface area contributed by atoms with Crippen LogP contribution in [0.4, 0.5) is 8.78 Å². The van der Waals surface area contributed by atoms with Crippen molar-refractivity contribution in [1.82, 2.24) is 14.7 Å². The Kier molecular flexibility index (Phi) is 4.81. The van der Waals surface area contributed by atoms with Gasteiger partial charge in [-0.3, -0.25) is 9.48 Å². The van der Waals surface area contributed by atoms with Crippen molar-refractivity contribution < 1.29 is 18.3 Å². The number of halogens is 2. The Morgan fingerprint density at radius 2 is 1.96 bits per heavy atom. The highest BCUT2D eigenvalue weighted by atomic mass is 19.1. The highest BCUT2D eigenvalue weighted by molar-refractivity contribution is 5.94. The molecule has 1 aliphatic rings. The topological polar surface area (TPSA) is 47.4 Å². The molecular weight excluding hydrogens is 364 g/mol. The monoisotopic (exact) mass is 383 g/mol. The number of hydrogen-bond donors (Lipinski definition) is 0. The number of carbonyl (C=O) groups excluding carboxylic acids is 1. The number of aryl methyl sites for hydroxylation is 1. The number of carbonyl (C=O) groups is 1. The third kappa shape index (κ3) is 3.74. The maximum atomic E-state index is 13.7. The molecule has 7 heteroatoms. The minimum absolute atomic E-state index is 0.0777. The Morgan fingerprint density at radius 1 is 1.14 bits per heavy atom. The lowest BCUT2D eigenvalue weighted by molar-refractivity contribution is 0.0705. The van der Waals surface area contributed by atoms with E-state index in [0.29, 0.717) is 42.2 Å². The van der Waals surface area contributed by atoms with Crippen molar-refractivity contribution in [1.29, 1.82) is 0 Å². The van der Waals surface area contributed by atoms with Gasteiger partial charge < -0.3 is 9.64 Å². The first-order chi connectivity index (χ1) is 13.5. The van der Waals surface area contributed by atoms with Crippen LogP contribution in [0.2, 0.25) is 0 Å². The summed E-state index contributed by atoms with van der Waals surface area (Å²) >= 11 is 0. The van der Waals surface area contributed by atoms with E-state index in [1.165, 1.54) is 18.2 Å². The van der Waals surface area contributed by atoms with Crippen molar-refractivity contribution in [2.75, 3.05) is 6.54 Å². The van der Waals surface area contributed by atoms with Gasteiger partial charge in [-0.25, -0.2) is 8.78 Å². The highest BCUT2D eigenvalue weighted by Crippen LogP contribution is 2.21. The number of aromatic nitrogens is 2. The molecule has 0 atom stereocenters. The summed E-state index contributed by atoms with van der Waals surface area (Å²) in [6, 6.07) is 12.5. The van der Waals surface area contributed by atoms with E-state index in [-0.39, 0.29) is 18.3 Å². The first kappa shape index (κ1) is 18.2. The molecule has 28 heavy (non-hydrogen) atoms.